The summed E-state index contributed by atoms with van der Waals surface area (Å²) in [7, 11) is 0. The number of benzene rings is 1. The van der Waals surface area contributed by atoms with Crippen molar-refractivity contribution in [2.45, 2.75) is 18.9 Å². The van der Waals surface area contributed by atoms with Crippen LogP contribution in [0.1, 0.15) is 12.8 Å². The van der Waals surface area contributed by atoms with E-state index in [-0.39, 0.29) is 5.82 Å². The average molecular weight is 273 g/mol. The van der Waals surface area contributed by atoms with Crippen molar-refractivity contribution >= 4 is 21.6 Å². The van der Waals surface area contributed by atoms with Gasteiger partial charge in [-0.2, -0.15) is 0 Å². The van der Waals surface area contributed by atoms with E-state index in [0.29, 0.717) is 11.7 Å². The molecule has 1 fully saturated rings. The number of piperidine rings is 1. The number of hydrogen-bond donors (Lipinski definition) is 2. The Kier molecular flexibility index (Phi) is 3.59. The molecular formula is C11H14BrFN2. The maximum Gasteiger partial charge on any atom is 0.147 e. The highest BCUT2D eigenvalue weighted by molar-refractivity contribution is 9.10. The van der Waals surface area contributed by atoms with Crippen LogP contribution < -0.4 is 10.6 Å². The van der Waals surface area contributed by atoms with Gasteiger partial charge in [-0.15, -0.1) is 0 Å². The van der Waals surface area contributed by atoms with E-state index in [1.54, 1.807) is 6.07 Å². The smallest absolute Gasteiger partial charge is 0.147 e. The predicted octanol–water partition coefficient (Wildman–Crippen LogP) is 2.75. The van der Waals surface area contributed by atoms with Crippen molar-refractivity contribution < 1.29 is 4.39 Å². The lowest BCUT2D eigenvalue weighted by Gasteiger charge is -2.25. The van der Waals surface area contributed by atoms with Crippen molar-refractivity contribution in [1.29, 1.82) is 0 Å². The molecule has 82 valence electrons. The highest BCUT2D eigenvalue weighted by Gasteiger charge is 2.15. The maximum atomic E-state index is 13.5. The molecule has 15 heavy (non-hydrogen) atoms. The van der Waals surface area contributed by atoms with Crippen LogP contribution >= 0.6 is 15.9 Å². The predicted molar refractivity (Wildman–Crippen MR) is 63.6 cm³/mol. The molecule has 0 bridgehead atoms. The van der Waals surface area contributed by atoms with E-state index in [2.05, 4.69) is 26.6 Å². The zero-order chi connectivity index (χ0) is 10.7. The van der Waals surface area contributed by atoms with Gasteiger partial charge >= 0.3 is 0 Å². The van der Waals surface area contributed by atoms with Gasteiger partial charge in [0.25, 0.3) is 0 Å². The van der Waals surface area contributed by atoms with Crippen LogP contribution in [0, 0.1) is 5.82 Å². The molecule has 2 rings (SSSR count). The molecule has 2 nitrogen and oxygen atoms in total. The number of nitrogens with one attached hydrogen (secondary N) is 2. The Balaban J connectivity index is 2.09. The van der Waals surface area contributed by atoms with Crippen LogP contribution in [0.25, 0.3) is 0 Å². The van der Waals surface area contributed by atoms with E-state index in [0.717, 1.165) is 30.4 Å². The van der Waals surface area contributed by atoms with Gasteiger partial charge in [-0.25, -0.2) is 4.39 Å². The minimum atomic E-state index is -0.192. The second-order valence-electron chi connectivity index (χ2n) is 3.77. The van der Waals surface area contributed by atoms with Crippen LogP contribution in [0.3, 0.4) is 0 Å². The highest BCUT2D eigenvalue weighted by Crippen LogP contribution is 2.26. The third-order valence-electron chi connectivity index (χ3n) is 2.65. The summed E-state index contributed by atoms with van der Waals surface area (Å²) >= 11 is 3.36. The Morgan fingerprint density at radius 1 is 1.33 bits per heavy atom. The van der Waals surface area contributed by atoms with Crippen molar-refractivity contribution in [3.8, 4) is 0 Å². The largest absolute Gasteiger partial charge is 0.379 e. The lowest BCUT2D eigenvalue weighted by Crippen LogP contribution is -2.35. The molecule has 0 saturated carbocycles. The molecule has 1 aliphatic rings. The monoisotopic (exact) mass is 272 g/mol. The summed E-state index contributed by atoms with van der Waals surface area (Å²) in [6, 6.07) is 5.41. The van der Waals surface area contributed by atoms with Crippen LogP contribution in [-0.2, 0) is 0 Å². The molecule has 0 aromatic heterocycles. The van der Waals surface area contributed by atoms with Crippen molar-refractivity contribution in [3.63, 3.8) is 0 Å². The first-order valence-electron chi connectivity index (χ1n) is 5.18. The number of hydrogen-bond acceptors (Lipinski definition) is 2. The van der Waals surface area contributed by atoms with Gasteiger partial charge in [-0.05, 0) is 54.0 Å². The van der Waals surface area contributed by atoms with Gasteiger partial charge < -0.3 is 10.6 Å². The standard InChI is InChI=1S/C11H14BrFN2/c12-9-2-1-3-10(13)11(9)15-8-4-6-14-7-5-8/h1-3,8,14-15H,4-7H2. The molecule has 0 atom stereocenters. The van der Waals surface area contributed by atoms with E-state index >= 15 is 0 Å². The molecule has 1 aliphatic heterocycles. The summed E-state index contributed by atoms with van der Waals surface area (Å²) < 4.78 is 14.3. The molecule has 1 saturated heterocycles. The van der Waals surface area contributed by atoms with Crippen molar-refractivity contribution in [2.24, 2.45) is 0 Å². The Morgan fingerprint density at radius 3 is 2.73 bits per heavy atom. The minimum Gasteiger partial charge on any atom is -0.379 e. The van der Waals surface area contributed by atoms with Crippen LogP contribution in [-0.4, -0.2) is 19.1 Å². The molecule has 1 heterocycles. The zero-order valence-corrected chi connectivity index (χ0v) is 9.98. The molecule has 0 radical (unpaired) electrons. The van der Waals surface area contributed by atoms with Gasteiger partial charge in [-0.3, -0.25) is 0 Å². The molecule has 0 aliphatic carbocycles. The Bertz CT molecular complexity index is 317. The summed E-state index contributed by atoms with van der Waals surface area (Å²) in [6.45, 7) is 2.01. The SMILES string of the molecule is Fc1cccc(Br)c1NC1CCNCC1. The Labute approximate surface area is 97.4 Å². The van der Waals surface area contributed by atoms with Gasteiger partial charge in [0.2, 0.25) is 0 Å². The lowest BCUT2D eigenvalue weighted by molar-refractivity contribution is 0.476. The van der Waals surface area contributed by atoms with Crippen LogP contribution in [0.5, 0.6) is 0 Å². The van der Waals surface area contributed by atoms with Crippen LogP contribution in [0.2, 0.25) is 0 Å². The summed E-state index contributed by atoms with van der Waals surface area (Å²) in [5, 5.41) is 6.54. The molecular weight excluding hydrogens is 259 g/mol. The lowest BCUT2D eigenvalue weighted by atomic mass is 10.1. The van der Waals surface area contributed by atoms with Crippen molar-refractivity contribution in [2.75, 3.05) is 18.4 Å². The van der Waals surface area contributed by atoms with Gasteiger partial charge in [0.1, 0.15) is 5.82 Å². The van der Waals surface area contributed by atoms with E-state index in [9.17, 15) is 4.39 Å². The highest BCUT2D eigenvalue weighted by atomic mass is 79.9. The van der Waals surface area contributed by atoms with Crippen molar-refractivity contribution in [3.05, 3.63) is 28.5 Å². The van der Waals surface area contributed by atoms with Gasteiger partial charge in [0.15, 0.2) is 0 Å². The van der Waals surface area contributed by atoms with Crippen LogP contribution in [0.4, 0.5) is 10.1 Å². The number of para-hydroxylation sites is 1. The fourth-order valence-corrected chi connectivity index (χ4v) is 2.26. The Morgan fingerprint density at radius 2 is 2.07 bits per heavy atom. The first-order valence-corrected chi connectivity index (χ1v) is 5.98. The molecule has 0 spiro atoms. The minimum absolute atomic E-state index is 0.192. The maximum absolute atomic E-state index is 13.5. The third-order valence-corrected chi connectivity index (χ3v) is 3.31. The van der Waals surface area contributed by atoms with E-state index in [1.165, 1.54) is 6.07 Å². The number of anilines is 1. The van der Waals surface area contributed by atoms with Gasteiger partial charge in [-0.1, -0.05) is 6.07 Å². The second kappa shape index (κ2) is 4.94. The topological polar surface area (TPSA) is 24.1 Å². The zero-order valence-electron chi connectivity index (χ0n) is 8.39. The molecule has 0 unspecified atom stereocenters. The number of rotatable bonds is 2. The quantitative estimate of drug-likeness (QED) is 0.865. The summed E-state index contributed by atoms with van der Waals surface area (Å²) in [4.78, 5) is 0. The number of halogens is 2. The van der Waals surface area contributed by atoms with E-state index < -0.39 is 0 Å². The summed E-state index contributed by atoms with van der Waals surface area (Å²) in [5.41, 5.74) is 0.587. The van der Waals surface area contributed by atoms with E-state index in [4.69, 9.17) is 0 Å². The average Bonchev–Trinajstić information content (AvgIpc) is 2.25. The molecule has 2 N–H and O–H groups in total. The van der Waals surface area contributed by atoms with Crippen LogP contribution in [0.15, 0.2) is 22.7 Å². The van der Waals surface area contributed by atoms with Crippen molar-refractivity contribution in [1.82, 2.24) is 5.32 Å². The summed E-state index contributed by atoms with van der Waals surface area (Å²) in [6.07, 6.45) is 2.08. The van der Waals surface area contributed by atoms with Gasteiger partial charge in [0, 0.05) is 10.5 Å². The Hall–Kier alpha value is -0.610. The van der Waals surface area contributed by atoms with Gasteiger partial charge in [0.05, 0.1) is 5.69 Å². The second-order valence-corrected chi connectivity index (χ2v) is 4.62. The molecule has 4 heteroatoms. The molecule has 0 amide bonds. The molecule has 1 aromatic carbocycles. The third kappa shape index (κ3) is 2.69. The first-order chi connectivity index (χ1) is 7.27. The summed E-state index contributed by atoms with van der Waals surface area (Å²) in [5.74, 6) is -0.192. The normalized spacial score (nSPS) is 17.7. The fourth-order valence-electron chi connectivity index (χ4n) is 1.81. The first kappa shape index (κ1) is 10.9. The van der Waals surface area contributed by atoms with E-state index in [1.807, 2.05) is 6.07 Å². The molecule has 1 aromatic rings. The fraction of sp³-hybridized carbons (Fsp3) is 0.455.